The Hall–Kier alpha value is -2.70. The van der Waals surface area contributed by atoms with Crippen LogP contribution in [0.2, 0.25) is 5.02 Å². The van der Waals surface area contributed by atoms with Crippen molar-refractivity contribution in [2.45, 2.75) is 26.2 Å². The van der Waals surface area contributed by atoms with Crippen LogP contribution in [0.4, 0.5) is 0 Å². The van der Waals surface area contributed by atoms with E-state index in [0.29, 0.717) is 22.5 Å². The minimum Gasteiger partial charge on any atom is -0.282 e. The summed E-state index contributed by atoms with van der Waals surface area (Å²) in [4.78, 5) is 16.7. The van der Waals surface area contributed by atoms with Crippen molar-refractivity contribution in [2.24, 2.45) is 10.1 Å². The van der Waals surface area contributed by atoms with E-state index in [-0.39, 0.29) is 11.4 Å². The number of halogens is 1. The number of amidine groups is 2. The van der Waals surface area contributed by atoms with E-state index < -0.39 is 5.91 Å². The third-order valence-corrected chi connectivity index (χ3v) is 5.84. The number of benzene rings is 2. The number of carbonyl (C=O) groups is 1. The molecule has 0 aliphatic carbocycles. The maximum atomic E-state index is 12.5. The highest BCUT2D eigenvalue weighted by molar-refractivity contribution is 8.26. The third kappa shape index (κ3) is 4.18. The molecule has 2 aliphatic heterocycles. The zero-order chi connectivity index (χ0) is 20.5. The molecule has 146 valence electrons. The molecular weight excluding hydrogens is 404 g/mol. The van der Waals surface area contributed by atoms with Gasteiger partial charge < -0.3 is 0 Å². The van der Waals surface area contributed by atoms with Crippen molar-refractivity contribution < 1.29 is 4.79 Å². The number of amides is 1. The van der Waals surface area contributed by atoms with Gasteiger partial charge in [-0.3, -0.25) is 10.2 Å². The lowest BCUT2D eigenvalue weighted by Gasteiger charge is -2.20. The normalized spacial score (nSPS) is 17.7. The molecule has 0 fully saturated rings. The zero-order valence-electron chi connectivity index (χ0n) is 16.0. The number of carbonyl (C=O) groups excluding carboxylic acids is 1. The fourth-order valence-corrected chi connectivity index (χ4v) is 4.07. The standard InChI is InChI=1S/C22H19ClN4OS/c1-13(2)16-7-3-14(4-8-16)11-18-20(24)27-22(25-21(18)28)29-19(26-27)12-15-5-9-17(23)10-6-15/h3-11,13,24H,12H2,1-2H3. The Labute approximate surface area is 178 Å². The fourth-order valence-electron chi connectivity index (χ4n) is 3.02. The first-order valence-electron chi connectivity index (χ1n) is 9.24. The van der Waals surface area contributed by atoms with Crippen LogP contribution in [0, 0.1) is 5.41 Å². The summed E-state index contributed by atoms with van der Waals surface area (Å²) in [5, 5.41) is 16.3. The molecule has 5 nitrogen and oxygen atoms in total. The minimum absolute atomic E-state index is 0.0477. The molecule has 0 radical (unpaired) electrons. The highest BCUT2D eigenvalue weighted by Gasteiger charge is 2.35. The Morgan fingerprint density at radius 1 is 1.14 bits per heavy atom. The fraction of sp³-hybridized carbons (Fsp3) is 0.182. The molecule has 0 saturated heterocycles. The molecule has 0 saturated carbocycles. The SMILES string of the molecule is CC(C)c1ccc(C=C2C(=N)N3N=C(Cc4ccc(Cl)cc4)SC3=NC2=O)cc1. The second-order valence-corrected chi connectivity index (χ2v) is 8.62. The van der Waals surface area contributed by atoms with Crippen LogP contribution >= 0.6 is 23.4 Å². The van der Waals surface area contributed by atoms with Crippen molar-refractivity contribution in [1.82, 2.24) is 5.01 Å². The van der Waals surface area contributed by atoms with Crippen molar-refractivity contribution in [3.05, 3.63) is 75.8 Å². The minimum atomic E-state index is -0.412. The van der Waals surface area contributed by atoms with Crippen LogP contribution in [0.1, 0.15) is 36.5 Å². The summed E-state index contributed by atoms with van der Waals surface area (Å²) in [6.07, 6.45) is 2.29. The van der Waals surface area contributed by atoms with E-state index in [1.54, 1.807) is 6.08 Å². The van der Waals surface area contributed by atoms with Gasteiger partial charge in [0.2, 0.25) is 5.17 Å². The van der Waals surface area contributed by atoms with Crippen LogP contribution < -0.4 is 0 Å². The Morgan fingerprint density at radius 2 is 1.83 bits per heavy atom. The predicted molar refractivity (Wildman–Crippen MR) is 121 cm³/mol. The zero-order valence-corrected chi connectivity index (χ0v) is 17.6. The van der Waals surface area contributed by atoms with Crippen LogP contribution in [0.15, 0.2) is 64.2 Å². The van der Waals surface area contributed by atoms with Gasteiger partial charge in [-0.2, -0.15) is 15.1 Å². The van der Waals surface area contributed by atoms with Gasteiger partial charge in [0.1, 0.15) is 5.04 Å². The number of hydrogen-bond donors (Lipinski definition) is 1. The molecule has 2 aromatic carbocycles. The second kappa shape index (κ2) is 7.97. The highest BCUT2D eigenvalue weighted by atomic mass is 35.5. The first-order chi connectivity index (χ1) is 13.9. The van der Waals surface area contributed by atoms with Crippen LogP contribution in [0.5, 0.6) is 0 Å². The summed E-state index contributed by atoms with van der Waals surface area (Å²) in [6, 6.07) is 15.5. The van der Waals surface area contributed by atoms with Crippen molar-refractivity contribution in [1.29, 1.82) is 5.41 Å². The van der Waals surface area contributed by atoms with Crippen molar-refractivity contribution >= 4 is 51.4 Å². The summed E-state index contributed by atoms with van der Waals surface area (Å²) < 4.78 is 0. The van der Waals surface area contributed by atoms with E-state index in [1.165, 1.54) is 22.3 Å². The van der Waals surface area contributed by atoms with Crippen LogP contribution in [0.25, 0.3) is 6.08 Å². The molecule has 0 unspecified atom stereocenters. The van der Waals surface area contributed by atoms with Crippen LogP contribution in [0.3, 0.4) is 0 Å². The third-order valence-electron chi connectivity index (χ3n) is 4.68. The van der Waals surface area contributed by atoms with Gasteiger partial charge in [-0.25, -0.2) is 0 Å². The van der Waals surface area contributed by atoms with E-state index in [1.807, 2.05) is 48.5 Å². The molecule has 2 heterocycles. The van der Waals surface area contributed by atoms with Gasteiger partial charge in [-0.05, 0) is 52.6 Å². The van der Waals surface area contributed by atoms with Gasteiger partial charge in [0.05, 0.1) is 5.57 Å². The van der Waals surface area contributed by atoms with Crippen LogP contribution in [-0.2, 0) is 11.2 Å². The van der Waals surface area contributed by atoms with Gasteiger partial charge in [0.15, 0.2) is 5.84 Å². The summed E-state index contributed by atoms with van der Waals surface area (Å²) in [5.74, 6) is 0.0738. The number of aliphatic imine (C=N–C) groups is 1. The molecular formula is C22H19ClN4OS. The topological polar surface area (TPSA) is 68.9 Å². The van der Waals surface area contributed by atoms with E-state index in [9.17, 15) is 4.79 Å². The molecule has 2 aliphatic rings. The molecule has 2 aromatic rings. The Morgan fingerprint density at radius 3 is 2.48 bits per heavy atom. The number of fused-ring (bicyclic) bond motifs is 1. The van der Waals surface area contributed by atoms with E-state index in [4.69, 9.17) is 17.0 Å². The van der Waals surface area contributed by atoms with E-state index in [2.05, 4.69) is 23.9 Å². The number of hydrogen-bond acceptors (Lipinski definition) is 4. The van der Waals surface area contributed by atoms with Gasteiger partial charge in [-0.1, -0.05) is 61.8 Å². The molecule has 0 aromatic heterocycles. The number of hydrazone groups is 1. The molecule has 7 heteroatoms. The number of thioether (sulfide) groups is 1. The monoisotopic (exact) mass is 422 g/mol. The van der Waals surface area contributed by atoms with Crippen LogP contribution in [-0.4, -0.2) is 27.0 Å². The lowest BCUT2D eigenvalue weighted by Crippen LogP contribution is -2.35. The average molecular weight is 423 g/mol. The first kappa shape index (κ1) is 19.6. The number of nitrogens with zero attached hydrogens (tertiary/aromatic N) is 3. The summed E-state index contributed by atoms with van der Waals surface area (Å²) in [6.45, 7) is 4.27. The quantitative estimate of drug-likeness (QED) is 0.677. The van der Waals surface area contributed by atoms with Gasteiger partial charge in [-0.15, -0.1) is 0 Å². The lowest BCUT2D eigenvalue weighted by molar-refractivity contribution is -0.114. The lowest BCUT2D eigenvalue weighted by atomic mass is 10.0. The molecule has 4 rings (SSSR count). The molecule has 29 heavy (non-hydrogen) atoms. The largest absolute Gasteiger partial charge is 0.283 e. The Bertz CT molecular complexity index is 1070. The summed E-state index contributed by atoms with van der Waals surface area (Å²) in [7, 11) is 0. The van der Waals surface area contributed by atoms with Gasteiger partial charge in [0.25, 0.3) is 5.91 Å². The maximum absolute atomic E-state index is 12.5. The molecule has 0 spiro atoms. The predicted octanol–water partition coefficient (Wildman–Crippen LogP) is 5.33. The number of nitrogens with one attached hydrogen (secondary N) is 1. The van der Waals surface area contributed by atoms with Crippen molar-refractivity contribution in [2.75, 3.05) is 0 Å². The van der Waals surface area contributed by atoms with E-state index in [0.717, 1.165) is 16.2 Å². The molecule has 1 amide bonds. The van der Waals surface area contributed by atoms with E-state index >= 15 is 0 Å². The Kier molecular flexibility index (Phi) is 5.39. The van der Waals surface area contributed by atoms with Gasteiger partial charge in [0, 0.05) is 11.4 Å². The number of rotatable bonds is 4. The average Bonchev–Trinajstić information content (AvgIpc) is 3.09. The van der Waals surface area contributed by atoms with Gasteiger partial charge >= 0.3 is 0 Å². The smallest absolute Gasteiger partial charge is 0.282 e. The maximum Gasteiger partial charge on any atom is 0.283 e. The summed E-state index contributed by atoms with van der Waals surface area (Å²) >= 11 is 7.25. The molecule has 0 bridgehead atoms. The molecule has 0 atom stereocenters. The first-order valence-corrected chi connectivity index (χ1v) is 10.4. The highest BCUT2D eigenvalue weighted by Crippen LogP contribution is 2.30. The summed E-state index contributed by atoms with van der Waals surface area (Å²) in [5.41, 5.74) is 3.38. The Balaban J connectivity index is 1.56. The second-order valence-electron chi connectivity index (χ2n) is 7.14. The van der Waals surface area contributed by atoms with Crippen molar-refractivity contribution in [3.63, 3.8) is 0 Å². The van der Waals surface area contributed by atoms with Crippen molar-refractivity contribution in [3.8, 4) is 0 Å². The molecule has 1 N–H and O–H groups in total.